The zero-order valence-corrected chi connectivity index (χ0v) is 45.6. The Labute approximate surface area is 479 Å². The Morgan fingerprint density at radius 3 is 1.05 bits per heavy atom. The van der Waals surface area contributed by atoms with Gasteiger partial charge in [0.2, 0.25) is 11.9 Å². The van der Waals surface area contributed by atoms with E-state index in [4.69, 9.17) is 0 Å². The summed E-state index contributed by atoms with van der Waals surface area (Å²) in [5, 5.41) is 8.42. The van der Waals surface area contributed by atoms with Gasteiger partial charge in [-0.2, -0.15) is 69.4 Å². The van der Waals surface area contributed by atoms with Crippen molar-refractivity contribution in [1.29, 1.82) is 0 Å². The van der Waals surface area contributed by atoms with E-state index >= 15 is 0 Å². The van der Waals surface area contributed by atoms with E-state index < -0.39 is 23.5 Å². The molecule has 2 aliphatic heterocycles. The maximum absolute atomic E-state index is 14.4. The molecule has 0 atom stereocenters. The van der Waals surface area contributed by atoms with Crippen LogP contribution in [0.1, 0.15) is 0 Å². The molecular formula is C62H44F4N10Pt2-6. The molecule has 0 N–H and O–H groups in total. The van der Waals surface area contributed by atoms with Gasteiger partial charge in [-0.3, -0.25) is 0 Å². The minimum Gasteiger partial charge on any atom is -0.478 e. The van der Waals surface area contributed by atoms with Gasteiger partial charge in [-0.15, -0.1) is 24.7 Å². The van der Waals surface area contributed by atoms with Gasteiger partial charge >= 0.3 is 0 Å². The van der Waals surface area contributed by atoms with Crippen LogP contribution in [0.15, 0.2) is 253 Å². The summed E-state index contributed by atoms with van der Waals surface area (Å²) in [6.45, 7) is 3.36. The van der Waals surface area contributed by atoms with Gasteiger partial charge in [0.1, 0.15) is 11.6 Å². The van der Waals surface area contributed by atoms with Crippen LogP contribution < -0.4 is 19.6 Å². The van der Waals surface area contributed by atoms with Crippen LogP contribution in [-0.2, 0) is 42.1 Å². The number of hydrogen-bond donors (Lipinski definition) is 0. The third kappa shape index (κ3) is 15.2. The molecule has 2 aliphatic rings. The molecule has 0 saturated heterocycles. The number of halogens is 4. The molecule has 0 spiro atoms. The number of rotatable bonds is 10. The van der Waals surface area contributed by atoms with Crippen LogP contribution in [-0.4, -0.2) is 22.6 Å². The largest absolute Gasteiger partial charge is 0.478 e. The molecule has 78 heavy (non-hydrogen) atoms. The first-order chi connectivity index (χ1) is 37.4. The van der Waals surface area contributed by atoms with Crippen LogP contribution in [0.3, 0.4) is 0 Å². The zero-order chi connectivity index (χ0) is 52.3. The fourth-order valence-corrected chi connectivity index (χ4v) is 7.54. The minimum absolute atomic E-state index is 0. The predicted molar refractivity (Wildman–Crippen MR) is 297 cm³/mol. The van der Waals surface area contributed by atoms with Crippen molar-refractivity contribution in [3.63, 3.8) is 0 Å². The monoisotopic (exact) mass is 1390 g/mol. The van der Waals surface area contributed by atoms with E-state index in [-0.39, 0.29) is 65.1 Å². The van der Waals surface area contributed by atoms with Gasteiger partial charge < -0.3 is 40.2 Å². The van der Waals surface area contributed by atoms with Crippen molar-refractivity contribution < 1.29 is 59.7 Å². The van der Waals surface area contributed by atoms with Gasteiger partial charge in [-0.25, -0.2) is 18.7 Å². The maximum Gasteiger partial charge on any atom is 0.217 e. The number of aromatic nitrogens is 2. The van der Waals surface area contributed by atoms with E-state index in [2.05, 4.69) is 42.7 Å². The predicted octanol–water partition coefficient (Wildman–Crippen LogP) is 17.2. The molecule has 16 heteroatoms. The Kier molecular flexibility index (Phi) is 21.2. The van der Waals surface area contributed by atoms with Gasteiger partial charge in [0, 0.05) is 65.6 Å². The summed E-state index contributed by atoms with van der Waals surface area (Å²) in [7, 11) is 0. The molecule has 0 fully saturated rings. The third-order valence-corrected chi connectivity index (χ3v) is 11.0. The Balaban J connectivity index is 0.000000153. The summed E-state index contributed by atoms with van der Waals surface area (Å²) < 4.78 is 56.0. The smallest absolute Gasteiger partial charge is 0.217 e. The molecule has 396 valence electrons. The number of hydrogen-bond acceptors (Lipinski definition) is 8. The Bertz CT molecular complexity index is 3210. The molecule has 10 aromatic rings. The van der Waals surface area contributed by atoms with E-state index in [1.54, 1.807) is 69.9 Å². The quantitative estimate of drug-likeness (QED) is 0.0445. The van der Waals surface area contributed by atoms with Crippen molar-refractivity contribution in [3.8, 4) is 0 Å². The van der Waals surface area contributed by atoms with E-state index in [1.807, 2.05) is 206 Å². The zero-order valence-electron chi connectivity index (χ0n) is 41.0. The van der Waals surface area contributed by atoms with Gasteiger partial charge in [-0.1, -0.05) is 170 Å². The van der Waals surface area contributed by atoms with Crippen LogP contribution in [0, 0.1) is 49.0 Å². The van der Waals surface area contributed by atoms with Crippen LogP contribution in [0.25, 0.3) is 10.6 Å². The van der Waals surface area contributed by atoms with Gasteiger partial charge in [-0.05, 0) is 47.0 Å². The fraction of sp³-hybridized carbons (Fsp3) is 0. The fourth-order valence-electron chi connectivity index (χ4n) is 7.54. The number of fused-ring (bicyclic) bond motifs is 2. The first-order valence-electron chi connectivity index (χ1n) is 23.7. The average Bonchev–Trinajstić information content (AvgIpc) is 4.06. The molecular weight excluding hydrogens is 1350 g/mol. The van der Waals surface area contributed by atoms with Crippen LogP contribution in [0.5, 0.6) is 0 Å². The molecule has 2 aromatic heterocycles. The van der Waals surface area contributed by atoms with E-state index in [0.29, 0.717) is 11.4 Å². The van der Waals surface area contributed by atoms with Crippen molar-refractivity contribution in [2.45, 2.75) is 0 Å². The molecule has 0 unspecified atom stereocenters. The molecule has 10 nitrogen and oxygen atoms in total. The molecule has 4 heterocycles. The van der Waals surface area contributed by atoms with Crippen molar-refractivity contribution in [3.05, 3.63) is 302 Å². The topological polar surface area (TPSA) is 91.7 Å². The molecule has 8 aromatic carbocycles. The minimum atomic E-state index is -0.856. The van der Waals surface area contributed by atoms with Crippen molar-refractivity contribution in [2.24, 2.45) is 9.98 Å². The number of pyridine rings is 2. The Morgan fingerprint density at radius 1 is 0.397 bits per heavy atom. The first-order valence-corrected chi connectivity index (χ1v) is 23.7. The Morgan fingerprint density at radius 2 is 0.718 bits per heavy atom. The average molecular weight is 1400 g/mol. The first kappa shape index (κ1) is 57.0. The molecule has 0 radical (unpaired) electrons. The SMILES string of the molecule is C(=Nc1ccccc1)[N-]c1ccccc1.C(=Nc1ccccc1)[N-]c1ccccc1.Fc1cc(F)c2c(n1)N(c1[c-]cccc1)[CH-]N2c1ccccc1.Fc1cc(F)c2c(n1)N(c1[c-]cccc1)[CH-]N2c1ccccc1.[Pt].[Pt]. The van der Waals surface area contributed by atoms with Gasteiger partial charge in [0.25, 0.3) is 0 Å². The van der Waals surface area contributed by atoms with E-state index in [9.17, 15) is 17.6 Å². The van der Waals surface area contributed by atoms with E-state index in [0.717, 1.165) is 46.3 Å². The number of benzene rings is 8. The van der Waals surface area contributed by atoms with Crippen molar-refractivity contribution >= 4 is 81.2 Å². The van der Waals surface area contributed by atoms with Crippen LogP contribution in [0.4, 0.5) is 86.1 Å². The maximum atomic E-state index is 14.4. The second kappa shape index (κ2) is 29.0. The summed E-state index contributed by atoms with van der Waals surface area (Å²) in [4.78, 5) is 22.7. The summed E-state index contributed by atoms with van der Waals surface area (Å²) in [5.74, 6) is -2.63. The summed E-state index contributed by atoms with van der Waals surface area (Å²) in [6.07, 6.45) is 3.15. The third-order valence-electron chi connectivity index (χ3n) is 11.0. The van der Waals surface area contributed by atoms with Crippen molar-refractivity contribution in [2.75, 3.05) is 19.6 Å². The number of anilines is 8. The van der Waals surface area contributed by atoms with E-state index in [1.165, 1.54) is 0 Å². The normalized spacial score (nSPS) is 11.8. The Hall–Kier alpha value is -8.70. The summed E-state index contributed by atoms with van der Waals surface area (Å²) >= 11 is 0. The molecule has 12 rings (SSSR count). The molecule has 0 amide bonds. The van der Waals surface area contributed by atoms with Crippen molar-refractivity contribution in [1.82, 2.24) is 9.97 Å². The number of nitrogens with zero attached hydrogens (tertiary/aromatic N) is 10. The molecule has 0 aliphatic carbocycles. The summed E-state index contributed by atoms with van der Waals surface area (Å²) in [5.41, 5.74) is 6.93. The van der Waals surface area contributed by atoms with Gasteiger partial charge in [0.05, 0.1) is 11.4 Å². The number of aliphatic imine (C=N–C) groups is 2. The molecule has 0 bridgehead atoms. The second-order valence-corrected chi connectivity index (χ2v) is 16.2. The van der Waals surface area contributed by atoms with Gasteiger partial charge in [0.15, 0.2) is 11.6 Å². The molecule has 0 saturated carbocycles. The van der Waals surface area contributed by atoms with Crippen LogP contribution >= 0.6 is 0 Å². The second-order valence-electron chi connectivity index (χ2n) is 16.2. The van der Waals surface area contributed by atoms with Crippen LogP contribution in [0.2, 0.25) is 0 Å². The summed E-state index contributed by atoms with van der Waals surface area (Å²) in [6, 6.07) is 79.7. The number of para-hydroxylation sites is 8. The standard InChI is InChI=1S/2C18H11F2N3.2C13H11N2.2Pt/c2*19-15-11-16(20)21-18-17(15)22(13-7-3-1-4-8-13)12-23(18)14-9-5-2-6-10-14;2*1-3-7-12(8-4-1)14-11-15-13-9-5-2-6-10-13;;/h2*1-9,11-12H;2*1-11H;;/q2*-2;2*-1;;.